The Balaban J connectivity index is 2.38. The zero-order chi connectivity index (χ0) is 15.6. The van der Waals surface area contributed by atoms with Gasteiger partial charge in [0.15, 0.2) is 0 Å². The van der Waals surface area contributed by atoms with Gasteiger partial charge in [-0.05, 0) is 12.1 Å². The minimum atomic E-state index is -1.20. The molecule has 0 aliphatic rings. The van der Waals surface area contributed by atoms with Gasteiger partial charge in [-0.3, -0.25) is 10.1 Å². The van der Waals surface area contributed by atoms with Gasteiger partial charge in [0, 0.05) is 6.20 Å². The van der Waals surface area contributed by atoms with E-state index in [4.69, 9.17) is 5.11 Å². The lowest BCUT2D eigenvalue weighted by atomic mass is 10.3. The lowest BCUT2D eigenvalue weighted by molar-refractivity contribution is -0.385. The van der Waals surface area contributed by atoms with E-state index in [2.05, 4.69) is 4.98 Å². The van der Waals surface area contributed by atoms with Gasteiger partial charge in [0.1, 0.15) is 16.7 Å². The number of hydrogen-bond acceptors (Lipinski definition) is 5. The Hall–Kier alpha value is -2.55. The molecule has 9 heteroatoms. The monoisotopic (exact) mass is 312 g/mol. The third-order valence-electron chi connectivity index (χ3n) is 2.38. The molecule has 21 heavy (non-hydrogen) atoms. The van der Waals surface area contributed by atoms with E-state index in [1.165, 1.54) is 12.3 Å². The first-order chi connectivity index (χ1) is 9.88. The molecule has 1 aromatic carbocycles. The standard InChI is InChI=1S/C12H6F2N2O4S/c13-8-4-7(16(19)20)5-9(14)11(8)21-10-3-6(12(17)18)1-2-15-10/h1-5H,(H,17,18). The number of nitro benzene ring substituents is 1. The Morgan fingerprint density at radius 1 is 1.29 bits per heavy atom. The summed E-state index contributed by atoms with van der Waals surface area (Å²) in [5.41, 5.74) is -0.795. The minimum Gasteiger partial charge on any atom is -0.478 e. The predicted octanol–water partition coefficient (Wildman–Crippen LogP) is 3.12. The van der Waals surface area contributed by atoms with E-state index in [9.17, 15) is 23.7 Å². The molecule has 0 spiro atoms. The number of non-ortho nitro benzene ring substituents is 1. The molecule has 0 amide bonds. The van der Waals surface area contributed by atoms with Crippen LogP contribution in [-0.4, -0.2) is 21.0 Å². The summed E-state index contributed by atoms with van der Waals surface area (Å²) in [5.74, 6) is -3.44. The van der Waals surface area contributed by atoms with Crippen LogP contribution < -0.4 is 0 Å². The molecule has 0 unspecified atom stereocenters. The minimum absolute atomic E-state index is 0.0570. The summed E-state index contributed by atoms with van der Waals surface area (Å²) in [4.78, 5) is 23.7. The number of hydrogen-bond donors (Lipinski definition) is 1. The van der Waals surface area contributed by atoms with E-state index in [1.54, 1.807) is 0 Å². The Morgan fingerprint density at radius 2 is 1.90 bits per heavy atom. The summed E-state index contributed by atoms with van der Waals surface area (Å²) in [6.07, 6.45) is 1.19. The first kappa shape index (κ1) is 14.9. The van der Waals surface area contributed by atoms with E-state index in [0.717, 1.165) is 6.07 Å². The number of halogens is 2. The maximum absolute atomic E-state index is 13.7. The van der Waals surface area contributed by atoms with E-state index in [0.29, 0.717) is 23.9 Å². The topological polar surface area (TPSA) is 93.3 Å². The molecule has 108 valence electrons. The highest BCUT2D eigenvalue weighted by Gasteiger charge is 2.18. The van der Waals surface area contributed by atoms with Crippen molar-refractivity contribution in [1.82, 2.24) is 4.98 Å². The summed E-state index contributed by atoms with van der Waals surface area (Å²) in [5, 5.41) is 19.4. The molecule has 0 atom stereocenters. The van der Waals surface area contributed by atoms with Crippen LogP contribution in [0, 0.1) is 21.7 Å². The van der Waals surface area contributed by atoms with E-state index in [1.807, 2.05) is 0 Å². The predicted molar refractivity (Wildman–Crippen MR) is 68.3 cm³/mol. The zero-order valence-corrected chi connectivity index (χ0v) is 10.9. The average molecular weight is 312 g/mol. The van der Waals surface area contributed by atoms with Crippen LogP contribution in [0.5, 0.6) is 0 Å². The highest BCUT2D eigenvalue weighted by Crippen LogP contribution is 2.33. The first-order valence-corrected chi connectivity index (χ1v) is 6.21. The van der Waals surface area contributed by atoms with Crippen LogP contribution in [0.25, 0.3) is 0 Å². The number of aromatic nitrogens is 1. The van der Waals surface area contributed by atoms with Gasteiger partial charge in [-0.25, -0.2) is 18.6 Å². The van der Waals surface area contributed by atoms with Gasteiger partial charge in [-0.2, -0.15) is 0 Å². The fraction of sp³-hybridized carbons (Fsp3) is 0. The quantitative estimate of drug-likeness (QED) is 0.688. The second-order valence-electron chi connectivity index (χ2n) is 3.79. The highest BCUT2D eigenvalue weighted by molar-refractivity contribution is 7.99. The van der Waals surface area contributed by atoms with Crippen molar-refractivity contribution in [3.8, 4) is 0 Å². The molecular formula is C12H6F2N2O4S. The number of pyridine rings is 1. The number of carbonyl (C=O) groups is 1. The Bertz CT molecular complexity index is 716. The molecule has 0 fully saturated rings. The van der Waals surface area contributed by atoms with Crippen molar-refractivity contribution >= 4 is 23.4 Å². The average Bonchev–Trinajstić information content (AvgIpc) is 2.42. The second kappa shape index (κ2) is 5.83. The van der Waals surface area contributed by atoms with Crippen molar-refractivity contribution in [2.24, 2.45) is 0 Å². The van der Waals surface area contributed by atoms with Gasteiger partial charge >= 0.3 is 5.97 Å². The van der Waals surface area contributed by atoms with Gasteiger partial charge in [-0.15, -0.1) is 0 Å². The molecule has 0 bridgehead atoms. The van der Waals surface area contributed by atoms with Crippen LogP contribution >= 0.6 is 11.8 Å². The summed E-state index contributed by atoms with van der Waals surface area (Å²) < 4.78 is 27.4. The summed E-state index contributed by atoms with van der Waals surface area (Å²) >= 11 is 0.546. The first-order valence-electron chi connectivity index (χ1n) is 5.39. The number of nitro groups is 1. The van der Waals surface area contributed by atoms with Crippen molar-refractivity contribution in [2.45, 2.75) is 9.92 Å². The summed E-state index contributed by atoms with van der Waals surface area (Å²) in [6.45, 7) is 0. The molecule has 0 saturated heterocycles. The van der Waals surface area contributed by atoms with Crippen LogP contribution in [0.1, 0.15) is 10.4 Å². The fourth-order valence-electron chi connectivity index (χ4n) is 1.45. The molecule has 0 radical (unpaired) electrons. The Kier molecular flexibility index (Phi) is 4.13. The molecule has 1 N–H and O–H groups in total. The molecule has 2 rings (SSSR count). The molecule has 1 aromatic heterocycles. The summed E-state index contributed by atoms with van der Waals surface area (Å²) in [6, 6.07) is 3.56. The second-order valence-corrected chi connectivity index (χ2v) is 4.82. The maximum atomic E-state index is 13.7. The van der Waals surface area contributed by atoms with Crippen molar-refractivity contribution in [3.63, 3.8) is 0 Å². The largest absolute Gasteiger partial charge is 0.478 e. The Morgan fingerprint density at radius 3 is 2.43 bits per heavy atom. The van der Waals surface area contributed by atoms with Crippen LogP contribution in [0.3, 0.4) is 0 Å². The normalized spacial score (nSPS) is 10.4. The molecule has 0 aliphatic heterocycles. The fourth-order valence-corrected chi connectivity index (χ4v) is 2.27. The third-order valence-corrected chi connectivity index (χ3v) is 3.41. The molecule has 2 aromatic rings. The van der Waals surface area contributed by atoms with Crippen molar-refractivity contribution in [3.05, 3.63) is 57.8 Å². The van der Waals surface area contributed by atoms with Crippen LogP contribution in [0.2, 0.25) is 0 Å². The number of carboxylic acids is 1. The van der Waals surface area contributed by atoms with Crippen molar-refractivity contribution in [2.75, 3.05) is 0 Å². The van der Waals surface area contributed by atoms with E-state index < -0.39 is 33.1 Å². The smallest absolute Gasteiger partial charge is 0.335 e. The number of carboxylic acid groups (broad SMARTS) is 1. The number of rotatable bonds is 4. The number of aromatic carboxylic acids is 1. The molecule has 0 saturated carbocycles. The number of benzene rings is 1. The molecule has 0 aliphatic carbocycles. The molecule has 1 heterocycles. The lowest BCUT2D eigenvalue weighted by Crippen LogP contribution is -1.98. The van der Waals surface area contributed by atoms with Gasteiger partial charge in [-0.1, -0.05) is 11.8 Å². The maximum Gasteiger partial charge on any atom is 0.335 e. The van der Waals surface area contributed by atoms with Crippen LogP contribution in [0.4, 0.5) is 14.5 Å². The third kappa shape index (κ3) is 3.31. The van der Waals surface area contributed by atoms with E-state index >= 15 is 0 Å². The van der Waals surface area contributed by atoms with E-state index in [-0.39, 0.29) is 10.6 Å². The van der Waals surface area contributed by atoms with Crippen LogP contribution in [0.15, 0.2) is 40.4 Å². The molecular weight excluding hydrogens is 306 g/mol. The van der Waals surface area contributed by atoms with Gasteiger partial charge in [0.25, 0.3) is 5.69 Å². The number of nitrogens with zero attached hydrogens (tertiary/aromatic N) is 2. The lowest BCUT2D eigenvalue weighted by Gasteiger charge is -2.05. The van der Waals surface area contributed by atoms with Crippen molar-refractivity contribution in [1.29, 1.82) is 0 Å². The van der Waals surface area contributed by atoms with Crippen molar-refractivity contribution < 1.29 is 23.6 Å². The van der Waals surface area contributed by atoms with Gasteiger partial charge < -0.3 is 5.11 Å². The zero-order valence-electron chi connectivity index (χ0n) is 10.1. The Labute approximate surface area is 120 Å². The summed E-state index contributed by atoms with van der Waals surface area (Å²) in [7, 11) is 0. The molecule has 6 nitrogen and oxygen atoms in total. The highest BCUT2D eigenvalue weighted by atomic mass is 32.2. The van der Waals surface area contributed by atoms with Gasteiger partial charge in [0.05, 0.1) is 27.5 Å². The van der Waals surface area contributed by atoms with Gasteiger partial charge in [0.2, 0.25) is 0 Å². The SMILES string of the molecule is O=C(O)c1ccnc(Sc2c(F)cc([N+](=O)[O-])cc2F)c1. The van der Waals surface area contributed by atoms with Crippen LogP contribution in [-0.2, 0) is 0 Å².